The number of nitrogens with zero attached hydrogens (tertiary/aromatic N) is 3. The fourth-order valence-corrected chi connectivity index (χ4v) is 3.94. The first kappa shape index (κ1) is 21.1. The number of rotatable bonds is 5. The van der Waals surface area contributed by atoms with Gasteiger partial charge in [-0.15, -0.1) is 0 Å². The normalized spacial score (nSPS) is 15.3. The van der Waals surface area contributed by atoms with Crippen molar-refractivity contribution < 1.29 is 13.2 Å². The Kier molecular flexibility index (Phi) is 5.15. The molecule has 31 heavy (non-hydrogen) atoms. The van der Waals surface area contributed by atoms with Crippen LogP contribution in [0.2, 0.25) is 0 Å². The highest BCUT2D eigenvalue weighted by Crippen LogP contribution is 2.36. The van der Waals surface area contributed by atoms with Gasteiger partial charge in [0.1, 0.15) is 0 Å². The quantitative estimate of drug-likeness (QED) is 0.648. The van der Waals surface area contributed by atoms with Crippen LogP contribution in [-0.2, 0) is 12.7 Å². The molecule has 0 amide bonds. The maximum absolute atomic E-state index is 13.3. The van der Waals surface area contributed by atoms with Gasteiger partial charge in [0, 0.05) is 30.2 Å². The van der Waals surface area contributed by atoms with Crippen molar-refractivity contribution in [3.63, 3.8) is 0 Å². The summed E-state index contributed by atoms with van der Waals surface area (Å²) in [6.45, 7) is 5.25. The molecule has 6 nitrogen and oxygen atoms in total. The Labute approximate surface area is 176 Å². The summed E-state index contributed by atoms with van der Waals surface area (Å²) in [5, 5.41) is 8.29. The van der Waals surface area contributed by atoms with E-state index in [0.29, 0.717) is 23.3 Å². The average Bonchev–Trinajstić information content (AvgIpc) is 3.54. The van der Waals surface area contributed by atoms with Gasteiger partial charge in [0.05, 0.1) is 17.0 Å². The second-order valence-electron chi connectivity index (χ2n) is 7.93. The summed E-state index contributed by atoms with van der Waals surface area (Å²) in [6, 6.07) is 5.01. The minimum atomic E-state index is -4.44. The van der Waals surface area contributed by atoms with Crippen molar-refractivity contribution in [1.82, 2.24) is 14.3 Å². The molecule has 1 aliphatic rings. The first-order valence-electron chi connectivity index (χ1n) is 10.2. The van der Waals surface area contributed by atoms with Crippen LogP contribution in [0, 0.1) is 6.92 Å². The Balaban J connectivity index is 1.83. The molecule has 164 valence electrons. The maximum atomic E-state index is 13.3. The SMILES string of the molecule is CCn1nc(NC(C)c2cccc(C(F)(F)F)c2C)c2cn(C3CC3)c(=O)cc2c1=O. The predicted octanol–water partition coefficient (Wildman–Crippen LogP) is 4.41. The highest BCUT2D eigenvalue weighted by atomic mass is 19.4. The van der Waals surface area contributed by atoms with E-state index in [1.54, 1.807) is 30.7 Å². The molecule has 0 saturated heterocycles. The van der Waals surface area contributed by atoms with Crippen molar-refractivity contribution in [3.8, 4) is 0 Å². The van der Waals surface area contributed by atoms with Crippen LogP contribution in [0.4, 0.5) is 19.0 Å². The molecule has 1 aromatic carbocycles. The maximum Gasteiger partial charge on any atom is 0.416 e. The third-order valence-electron chi connectivity index (χ3n) is 5.76. The van der Waals surface area contributed by atoms with Crippen molar-refractivity contribution in [1.29, 1.82) is 0 Å². The van der Waals surface area contributed by atoms with Crippen LogP contribution in [0.25, 0.3) is 10.8 Å². The molecule has 1 unspecified atom stereocenters. The molecule has 1 aliphatic carbocycles. The van der Waals surface area contributed by atoms with Gasteiger partial charge in [0.25, 0.3) is 11.1 Å². The van der Waals surface area contributed by atoms with E-state index in [9.17, 15) is 22.8 Å². The fourth-order valence-electron chi connectivity index (χ4n) is 3.94. The second kappa shape index (κ2) is 7.55. The summed E-state index contributed by atoms with van der Waals surface area (Å²) >= 11 is 0. The first-order chi connectivity index (χ1) is 14.6. The Morgan fingerprint density at radius 2 is 1.94 bits per heavy atom. The lowest BCUT2D eigenvalue weighted by Crippen LogP contribution is -2.27. The molecule has 0 spiro atoms. The van der Waals surface area contributed by atoms with E-state index in [1.807, 2.05) is 0 Å². The molecule has 0 aliphatic heterocycles. The zero-order chi connectivity index (χ0) is 22.5. The van der Waals surface area contributed by atoms with Crippen molar-refractivity contribution in [3.05, 3.63) is 67.9 Å². The van der Waals surface area contributed by atoms with E-state index in [0.717, 1.165) is 18.9 Å². The van der Waals surface area contributed by atoms with Crippen molar-refractivity contribution in [2.24, 2.45) is 0 Å². The lowest BCUT2D eigenvalue weighted by atomic mass is 9.97. The van der Waals surface area contributed by atoms with Crippen molar-refractivity contribution in [2.45, 2.75) is 58.4 Å². The molecule has 3 aromatic rings. The Hall–Kier alpha value is -3.10. The molecule has 1 fully saturated rings. The summed E-state index contributed by atoms with van der Waals surface area (Å²) in [6.07, 6.45) is -1.01. The number of nitrogens with one attached hydrogen (secondary N) is 1. The number of aryl methyl sites for hydroxylation is 1. The van der Waals surface area contributed by atoms with E-state index in [4.69, 9.17) is 0 Å². The van der Waals surface area contributed by atoms with Crippen molar-refractivity contribution in [2.75, 3.05) is 5.32 Å². The highest BCUT2D eigenvalue weighted by Gasteiger charge is 2.33. The summed E-state index contributed by atoms with van der Waals surface area (Å²) in [5.74, 6) is 0.357. The first-order valence-corrected chi connectivity index (χ1v) is 10.2. The van der Waals surface area contributed by atoms with E-state index >= 15 is 0 Å². The van der Waals surface area contributed by atoms with Crippen LogP contribution in [0.15, 0.2) is 40.1 Å². The molecule has 2 heterocycles. The van der Waals surface area contributed by atoms with Gasteiger partial charge >= 0.3 is 6.18 Å². The zero-order valence-electron chi connectivity index (χ0n) is 17.5. The van der Waals surface area contributed by atoms with E-state index in [-0.39, 0.29) is 28.1 Å². The lowest BCUT2D eigenvalue weighted by Gasteiger charge is -2.21. The number of anilines is 1. The number of hydrogen-bond acceptors (Lipinski definition) is 4. The number of halogens is 3. The van der Waals surface area contributed by atoms with Crippen LogP contribution in [-0.4, -0.2) is 14.3 Å². The molecule has 9 heteroatoms. The van der Waals surface area contributed by atoms with Crippen LogP contribution >= 0.6 is 0 Å². The average molecular weight is 432 g/mol. The van der Waals surface area contributed by atoms with Gasteiger partial charge in [-0.1, -0.05) is 12.1 Å². The lowest BCUT2D eigenvalue weighted by molar-refractivity contribution is -0.138. The monoisotopic (exact) mass is 432 g/mol. The number of fused-ring (bicyclic) bond motifs is 1. The molecule has 4 rings (SSSR count). The summed E-state index contributed by atoms with van der Waals surface area (Å²) < 4.78 is 42.8. The van der Waals surface area contributed by atoms with Crippen LogP contribution in [0.3, 0.4) is 0 Å². The minimum Gasteiger partial charge on any atom is -0.362 e. The smallest absolute Gasteiger partial charge is 0.362 e. The van der Waals surface area contributed by atoms with Gasteiger partial charge in [0.15, 0.2) is 5.82 Å². The van der Waals surface area contributed by atoms with Gasteiger partial charge in [0.2, 0.25) is 0 Å². The summed E-state index contributed by atoms with van der Waals surface area (Å²) in [4.78, 5) is 25.2. The van der Waals surface area contributed by atoms with E-state index < -0.39 is 17.8 Å². The standard InChI is InChI=1S/C22H23F3N4O2/c1-4-29-21(31)16-10-19(30)28(14-8-9-14)11-17(16)20(27-29)26-13(3)15-6-5-7-18(12(15)2)22(23,24)25/h5-7,10-11,13-14H,4,8-9H2,1-3H3,(H,26,27). The number of benzene rings is 1. The van der Waals surface area contributed by atoms with Gasteiger partial charge < -0.3 is 9.88 Å². The van der Waals surface area contributed by atoms with Crippen LogP contribution < -0.4 is 16.4 Å². The zero-order valence-corrected chi connectivity index (χ0v) is 17.5. The third kappa shape index (κ3) is 3.84. The number of aromatic nitrogens is 3. The van der Waals surface area contributed by atoms with Gasteiger partial charge in [-0.25, -0.2) is 4.68 Å². The number of hydrogen-bond donors (Lipinski definition) is 1. The van der Waals surface area contributed by atoms with Crippen LogP contribution in [0.5, 0.6) is 0 Å². The molecule has 1 saturated carbocycles. The molecule has 1 N–H and O–H groups in total. The summed E-state index contributed by atoms with van der Waals surface area (Å²) in [5.41, 5.74) is -0.676. The Morgan fingerprint density at radius 3 is 2.55 bits per heavy atom. The second-order valence-corrected chi connectivity index (χ2v) is 7.93. The number of pyridine rings is 1. The molecule has 1 atom stereocenters. The van der Waals surface area contributed by atoms with Gasteiger partial charge in [-0.05, 0) is 50.8 Å². The van der Waals surface area contributed by atoms with E-state index in [2.05, 4.69) is 10.4 Å². The Morgan fingerprint density at radius 1 is 1.23 bits per heavy atom. The molecule has 2 aromatic heterocycles. The largest absolute Gasteiger partial charge is 0.416 e. The molecular formula is C22H23F3N4O2. The molecule has 0 radical (unpaired) electrons. The van der Waals surface area contributed by atoms with Gasteiger partial charge in [-0.2, -0.15) is 18.3 Å². The Bertz CT molecular complexity index is 1270. The van der Waals surface area contributed by atoms with E-state index in [1.165, 1.54) is 23.7 Å². The predicted molar refractivity (Wildman–Crippen MR) is 112 cm³/mol. The molecule has 0 bridgehead atoms. The van der Waals surface area contributed by atoms with Crippen LogP contribution in [0.1, 0.15) is 55.5 Å². The minimum absolute atomic E-state index is 0.112. The number of alkyl halides is 3. The fraction of sp³-hybridized carbons (Fsp3) is 0.409. The third-order valence-corrected chi connectivity index (χ3v) is 5.76. The molecular weight excluding hydrogens is 409 g/mol. The highest BCUT2D eigenvalue weighted by molar-refractivity contribution is 5.90. The summed E-state index contributed by atoms with van der Waals surface area (Å²) in [7, 11) is 0. The van der Waals surface area contributed by atoms with Gasteiger partial charge in [-0.3, -0.25) is 9.59 Å². The van der Waals surface area contributed by atoms with Crippen molar-refractivity contribution >= 4 is 16.6 Å². The topological polar surface area (TPSA) is 68.9 Å².